The summed E-state index contributed by atoms with van der Waals surface area (Å²) in [6.07, 6.45) is 93.4. The Morgan fingerprint density at radius 1 is 0.263 bits per heavy atom. The van der Waals surface area contributed by atoms with Crippen molar-refractivity contribution >= 4 is 17.9 Å². The maximum absolute atomic E-state index is 12.9. The number of esters is 3. The van der Waals surface area contributed by atoms with E-state index in [0.29, 0.717) is 19.3 Å². The maximum Gasteiger partial charge on any atom is 0.306 e. The van der Waals surface area contributed by atoms with Gasteiger partial charge in [0.25, 0.3) is 0 Å². The van der Waals surface area contributed by atoms with E-state index in [1.165, 1.54) is 141 Å². The Labute approximate surface area is 494 Å². The maximum atomic E-state index is 12.9. The molecule has 0 aliphatic rings. The minimum Gasteiger partial charge on any atom is -0.462 e. The van der Waals surface area contributed by atoms with Gasteiger partial charge in [0.05, 0.1) is 0 Å². The number of carbonyl (C=O) groups is 3. The fraction of sp³-hybridized carbons (Fsp3) is 0.689. The van der Waals surface area contributed by atoms with Crippen molar-refractivity contribution in [2.24, 2.45) is 0 Å². The first-order chi connectivity index (χ1) is 39.5. The zero-order valence-electron chi connectivity index (χ0n) is 52.3. The summed E-state index contributed by atoms with van der Waals surface area (Å²) in [6.45, 7) is 6.49. The summed E-state index contributed by atoms with van der Waals surface area (Å²) in [7, 11) is 0. The third-order valence-electron chi connectivity index (χ3n) is 14.2. The molecular weight excluding hydrogens is 985 g/mol. The quantitative estimate of drug-likeness (QED) is 0.0261. The third-order valence-corrected chi connectivity index (χ3v) is 14.2. The molecule has 0 aliphatic carbocycles. The number of rotatable bonds is 60. The van der Waals surface area contributed by atoms with E-state index in [1.54, 1.807) is 0 Å². The van der Waals surface area contributed by atoms with Crippen LogP contribution in [-0.2, 0) is 28.6 Å². The molecule has 6 nitrogen and oxygen atoms in total. The Hall–Kier alpha value is -4.19. The number of carbonyl (C=O) groups excluding carboxylic acids is 3. The van der Waals surface area contributed by atoms with E-state index in [1.807, 2.05) is 0 Å². The van der Waals surface area contributed by atoms with E-state index in [-0.39, 0.29) is 31.1 Å². The van der Waals surface area contributed by atoms with Crippen LogP contribution in [0.1, 0.15) is 310 Å². The van der Waals surface area contributed by atoms with Gasteiger partial charge in [-0.2, -0.15) is 0 Å². The molecule has 0 aliphatic heterocycles. The molecule has 0 saturated heterocycles. The standard InChI is InChI=1S/C74H124O6/c1-4-7-10-13-16-19-22-25-28-31-33-34-35-36-37-38-39-40-41-44-46-49-52-55-58-61-64-67-73(76)79-70-71(69-78-72(75)66-63-60-57-54-51-48-45-42-30-27-24-21-18-15-12-9-6-3)80-74(77)68-65-62-59-56-53-50-47-43-32-29-26-23-20-17-14-11-8-5-2/h7,10,16,18-21,23,25,27-30,32-34,36-37,39-40,71H,4-6,8-9,11-15,17,22,24,26,31,35,38,41-70H2,1-3H3/b10-7-,19-16-,21-18-,23-20-,28-25-,30-27-,32-29-,34-33-,37-36-,40-39-. The topological polar surface area (TPSA) is 78.9 Å². The smallest absolute Gasteiger partial charge is 0.306 e. The number of hydrogen-bond acceptors (Lipinski definition) is 6. The van der Waals surface area contributed by atoms with Crippen molar-refractivity contribution in [1.82, 2.24) is 0 Å². The van der Waals surface area contributed by atoms with Gasteiger partial charge in [-0.05, 0) is 135 Å². The van der Waals surface area contributed by atoms with Crippen molar-refractivity contribution in [3.05, 3.63) is 122 Å². The van der Waals surface area contributed by atoms with E-state index in [9.17, 15) is 14.4 Å². The first-order valence-electron chi connectivity index (χ1n) is 33.5. The normalized spacial score (nSPS) is 12.9. The molecule has 456 valence electrons. The second-order valence-corrected chi connectivity index (χ2v) is 22.0. The zero-order valence-corrected chi connectivity index (χ0v) is 52.3. The largest absolute Gasteiger partial charge is 0.462 e. The zero-order chi connectivity index (χ0) is 57.8. The van der Waals surface area contributed by atoms with E-state index < -0.39 is 6.10 Å². The van der Waals surface area contributed by atoms with Crippen LogP contribution < -0.4 is 0 Å². The second kappa shape index (κ2) is 67.3. The van der Waals surface area contributed by atoms with Gasteiger partial charge in [-0.1, -0.05) is 277 Å². The van der Waals surface area contributed by atoms with Crippen LogP contribution in [0.25, 0.3) is 0 Å². The summed E-state index contributed by atoms with van der Waals surface area (Å²) in [5, 5.41) is 0. The number of allylic oxidation sites excluding steroid dienone is 20. The molecule has 0 aromatic carbocycles. The molecule has 0 amide bonds. The van der Waals surface area contributed by atoms with Crippen molar-refractivity contribution in [3.63, 3.8) is 0 Å². The summed E-state index contributed by atoms with van der Waals surface area (Å²) in [5.41, 5.74) is 0. The minimum atomic E-state index is -0.794. The Morgan fingerprint density at radius 3 is 0.787 bits per heavy atom. The molecule has 80 heavy (non-hydrogen) atoms. The summed E-state index contributed by atoms with van der Waals surface area (Å²) in [4.78, 5) is 38.4. The predicted octanol–water partition coefficient (Wildman–Crippen LogP) is 23.2. The summed E-state index contributed by atoms with van der Waals surface area (Å²) >= 11 is 0. The van der Waals surface area contributed by atoms with Crippen molar-refractivity contribution < 1.29 is 28.6 Å². The van der Waals surface area contributed by atoms with Crippen LogP contribution in [0.4, 0.5) is 0 Å². The van der Waals surface area contributed by atoms with Gasteiger partial charge < -0.3 is 14.2 Å². The molecule has 0 fully saturated rings. The van der Waals surface area contributed by atoms with E-state index in [4.69, 9.17) is 14.2 Å². The molecular formula is C74H124O6. The molecule has 0 aromatic heterocycles. The molecule has 0 bridgehead atoms. The summed E-state index contributed by atoms with van der Waals surface area (Å²) in [6, 6.07) is 0. The molecule has 0 rings (SSSR count). The summed E-state index contributed by atoms with van der Waals surface area (Å²) in [5.74, 6) is -0.905. The van der Waals surface area contributed by atoms with E-state index >= 15 is 0 Å². The Morgan fingerprint density at radius 2 is 0.487 bits per heavy atom. The molecule has 1 atom stereocenters. The third kappa shape index (κ3) is 64.6. The van der Waals surface area contributed by atoms with Crippen LogP contribution in [0.3, 0.4) is 0 Å². The van der Waals surface area contributed by atoms with Gasteiger partial charge in [0.2, 0.25) is 0 Å². The van der Waals surface area contributed by atoms with Crippen LogP contribution in [0.5, 0.6) is 0 Å². The molecule has 0 aromatic rings. The van der Waals surface area contributed by atoms with Gasteiger partial charge in [-0.3, -0.25) is 14.4 Å². The average molecular weight is 1110 g/mol. The lowest BCUT2D eigenvalue weighted by Gasteiger charge is -2.18. The molecule has 1 unspecified atom stereocenters. The first-order valence-corrected chi connectivity index (χ1v) is 33.5. The van der Waals surface area contributed by atoms with Crippen LogP contribution in [0, 0.1) is 0 Å². The van der Waals surface area contributed by atoms with Crippen molar-refractivity contribution in [2.75, 3.05) is 13.2 Å². The fourth-order valence-corrected chi connectivity index (χ4v) is 9.15. The van der Waals surface area contributed by atoms with Crippen molar-refractivity contribution in [1.29, 1.82) is 0 Å². The Kier molecular flexibility index (Phi) is 63.8. The highest BCUT2D eigenvalue weighted by Gasteiger charge is 2.19. The molecule has 6 heteroatoms. The van der Waals surface area contributed by atoms with Gasteiger partial charge in [0.1, 0.15) is 13.2 Å². The second-order valence-electron chi connectivity index (χ2n) is 22.0. The van der Waals surface area contributed by atoms with Crippen LogP contribution in [-0.4, -0.2) is 37.2 Å². The Bertz CT molecular complexity index is 1650. The van der Waals surface area contributed by atoms with Gasteiger partial charge in [-0.15, -0.1) is 0 Å². The first kappa shape index (κ1) is 75.8. The highest BCUT2D eigenvalue weighted by Crippen LogP contribution is 2.15. The van der Waals surface area contributed by atoms with Crippen molar-refractivity contribution in [2.45, 2.75) is 316 Å². The van der Waals surface area contributed by atoms with Crippen LogP contribution in [0.15, 0.2) is 122 Å². The minimum absolute atomic E-state index is 0.0893. The molecule has 0 heterocycles. The van der Waals surface area contributed by atoms with Gasteiger partial charge in [0, 0.05) is 19.3 Å². The predicted molar refractivity (Wildman–Crippen MR) is 348 cm³/mol. The number of hydrogen-bond donors (Lipinski definition) is 0. The van der Waals surface area contributed by atoms with Gasteiger partial charge >= 0.3 is 17.9 Å². The Balaban J connectivity index is 4.40. The lowest BCUT2D eigenvalue weighted by molar-refractivity contribution is -0.167. The van der Waals surface area contributed by atoms with Crippen LogP contribution >= 0.6 is 0 Å². The van der Waals surface area contributed by atoms with Crippen molar-refractivity contribution in [3.8, 4) is 0 Å². The fourth-order valence-electron chi connectivity index (χ4n) is 9.15. The van der Waals surface area contributed by atoms with Gasteiger partial charge in [-0.25, -0.2) is 0 Å². The summed E-state index contributed by atoms with van der Waals surface area (Å²) < 4.78 is 17.0. The van der Waals surface area contributed by atoms with E-state index in [0.717, 1.165) is 128 Å². The monoisotopic (exact) mass is 1110 g/mol. The SMILES string of the molecule is CC/C=C\C/C=C\C/C=C\C/C=C\C/C=C\C/C=C\CCCCCCCCCCC(=O)OCC(COC(=O)CCCCCCCCC/C=C\C/C=C\CCCCC)OC(=O)CCCCCCCCC/C=C\C/C=C\CCCCCC. The average Bonchev–Trinajstić information content (AvgIpc) is 3.46. The van der Waals surface area contributed by atoms with Crippen LogP contribution in [0.2, 0.25) is 0 Å². The number of ether oxygens (including phenoxy) is 3. The molecule has 0 radical (unpaired) electrons. The molecule has 0 spiro atoms. The lowest BCUT2D eigenvalue weighted by Crippen LogP contribution is -2.30. The van der Waals surface area contributed by atoms with E-state index in [2.05, 4.69) is 142 Å². The molecule has 0 N–H and O–H groups in total. The molecule has 0 saturated carbocycles. The van der Waals surface area contributed by atoms with Gasteiger partial charge in [0.15, 0.2) is 6.10 Å². The highest BCUT2D eigenvalue weighted by molar-refractivity contribution is 5.71. The number of unbranched alkanes of at least 4 members (excludes halogenated alkanes) is 29. The lowest BCUT2D eigenvalue weighted by atomic mass is 10.1. The highest BCUT2D eigenvalue weighted by atomic mass is 16.6.